The number of anilines is 1. The van der Waals surface area contributed by atoms with Crippen LogP contribution in [-0.4, -0.2) is 45.0 Å². The number of carbonyl (C=O) groups is 1. The summed E-state index contributed by atoms with van der Waals surface area (Å²) in [6.07, 6.45) is 1.15. The second-order valence-electron chi connectivity index (χ2n) is 6.29. The average Bonchev–Trinajstić information content (AvgIpc) is 3.30. The molecular formula is C18H18FN5OS. The summed E-state index contributed by atoms with van der Waals surface area (Å²) < 4.78 is 14.2. The van der Waals surface area contributed by atoms with Crippen molar-refractivity contribution in [3.8, 4) is 0 Å². The smallest absolute Gasteiger partial charge is 0.274 e. The van der Waals surface area contributed by atoms with Crippen molar-refractivity contribution in [2.45, 2.75) is 25.6 Å². The van der Waals surface area contributed by atoms with Gasteiger partial charge in [0.25, 0.3) is 5.91 Å². The predicted molar refractivity (Wildman–Crippen MR) is 99.1 cm³/mol. The Kier molecular flexibility index (Phi) is 4.50. The molecule has 0 aromatic carbocycles. The first kappa shape index (κ1) is 16.8. The molecule has 4 heterocycles. The van der Waals surface area contributed by atoms with Gasteiger partial charge < -0.3 is 10.2 Å². The van der Waals surface area contributed by atoms with Crippen LogP contribution in [0, 0.1) is 0 Å². The Morgan fingerprint density at radius 2 is 2.27 bits per heavy atom. The van der Waals surface area contributed by atoms with Gasteiger partial charge in [0, 0.05) is 12.7 Å². The first-order valence-electron chi connectivity index (χ1n) is 8.48. The lowest BCUT2D eigenvalue weighted by atomic mass is 10.2. The summed E-state index contributed by atoms with van der Waals surface area (Å²) in [5.74, 6) is 0.127. The molecule has 0 saturated carbocycles. The van der Waals surface area contributed by atoms with E-state index >= 15 is 0 Å². The van der Waals surface area contributed by atoms with Gasteiger partial charge in [-0.2, -0.15) is 0 Å². The highest BCUT2D eigenvalue weighted by Gasteiger charge is 2.29. The molecule has 1 aliphatic rings. The number of hydrogen-bond acceptors (Lipinski definition) is 6. The van der Waals surface area contributed by atoms with Crippen LogP contribution in [0.15, 0.2) is 35.8 Å². The Bertz CT molecular complexity index is 932. The van der Waals surface area contributed by atoms with E-state index in [4.69, 9.17) is 0 Å². The number of halogens is 1. The Labute approximate surface area is 154 Å². The van der Waals surface area contributed by atoms with Gasteiger partial charge in [0.1, 0.15) is 6.17 Å². The van der Waals surface area contributed by atoms with E-state index in [1.54, 1.807) is 6.20 Å². The van der Waals surface area contributed by atoms with Crippen LogP contribution in [-0.2, 0) is 0 Å². The maximum atomic E-state index is 13.5. The van der Waals surface area contributed by atoms with E-state index in [-0.39, 0.29) is 18.5 Å². The van der Waals surface area contributed by atoms with Crippen molar-refractivity contribution in [3.63, 3.8) is 0 Å². The van der Waals surface area contributed by atoms with Gasteiger partial charge in [0.05, 0.1) is 28.5 Å². The van der Waals surface area contributed by atoms with E-state index in [9.17, 15) is 9.18 Å². The lowest BCUT2D eigenvalue weighted by Gasteiger charge is -2.17. The number of alkyl halides is 1. The molecule has 1 fully saturated rings. The molecule has 4 rings (SSSR count). The molecule has 26 heavy (non-hydrogen) atoms. The summed E-state index contributed by atoms with van der Waals surface area (Å²) >= 11 is 1.42. The van der Waals surface area contributed by atoms with E-state index in [2.05, 4.69) is 20.3 Å². The summed E-state index contributed by atoms with van der Waals surface area (Å²) in [4.78, 5) is 27.7. The SMILES string of the molecule is CC(Nc1nc(C(=O)N2CCC(F)C2)c2sccc2n1)c1ccccn1. The molecule has 3 aromatic rings. The number of amides is 1. The number of thiophene rings is 1. The van der Waals surface area contributed by atoms with Crippen molar-refractivity contribution >= 4 is 33.4 Å². The molecule has 0 spiro atoms. The van der Waals surface area contributed by atoms with E-state index in [1.165, 1.54) is 16.2 Å². The van der Waals surface area contributed by atoms with E-state index in [1.807, 2.05) is 36.6 Å². The van der Waals surface area contributed by atoms with Gasteiger partial charge in [-0.1, -0.05) is 6.07 Å². The zero-order valence-electron chi connectivity index (χ0n) is 14.2. The molecule has 2 atom stereocenters. The number of pyridine rings is 1. The number of fused-ring (bicyclic) bond motifs is 1. The number of carbonyl (C=O) groups excluding carboxylic acids is 1. The highest BCUT2D eigenvalue weighted by Crippen LogP contribution is 2.27. The second-order valence-corrected chi connectivity index (χ2v) is 7.20. The van der Waals surface area contributed by atoms with Crippen molar-refractivity contribution in [1.29, 1.82) is 0 Å². The van der Waals surface area contributed by atoms with Crippen molar-refractivity contribution < 1.29 is 9.18 Å². The molecular weight excluding hydrogens is 353 g/mol. The van der Waals surface area contributed by atoms with Crippen LogP contribution in [0.2, 0.25) is 0 Å². The lowest BCUT2D eigenvalue weighted by Crippen LogP contribution is -2.30. The van der Waals surface area contributed by atoms with E-state index in [0.717, 1.165) is 10.4 Å². The van der Waals surface area contributed by atoms with Gasteiger partial charge in [-0.05, 0) is 36.9 Å². The topological polar surface area (TPSA) is 71.0 Å². The zero-order valence-corrected chi connectivity index (χ0v) is 15.0. The molecule has 6 nitrogen and oxygen atoms in total. The van der Waals surface area contributed by atoms with Crippen molar-refractivity contribution in [1.82, 2.24) is 19.9 Å². The Hall–Kier alpha value is -2.61. The molecule has 134 valence electrons. The summed E-state index contributed by atoms with van der Waals surface area (Å²) in [6.45, 7) is 2.51. The minimum Gasteiger partial charge on any atom is -0.346 e. The predicted octanol–water partition coefficient (Wildman–Crippen LogP) is 3.44. The number of hydrogen-bond donors (Lipinski definition) is 1. The van der Waals surface area contributed by atoms with Gasteiger partial charge in [0.2, 0.25) is 5.95 Å². The minimum atomic E-state index is -0.957. The molecule has 1 amide bonds. The van der Waals surface area contributed by atoms with Crippen LogP contribution in [0.1, 0.15) is 35.6 Å². The summed E-state index contributed by atoms with van der Waals surface area (Å²) in [7, 11) is 0. The Morgan fingerprint density at radius 3 is 3.00 bits per heavy atom. The number of nitrogens with zero attached hydrogens (tertiary/aromatic N) is 4. The van der Waals surface area contributed by atoms with Gasteiger partial charge >= 0.3 is 0 Å². The number of nitrogens with one attached hydrogen (secondary N) is 1. The van der Waals surface area contributed by atoms with Crippen LogP contribution < -0.4 is 5.32 Å². The monoisotopic (exact) mass is 371 g/mol. The lowest BCUT2D eigenvalue weighted by molar-refractivity contribution is 0.0779. The molecule has 1 N–H and O–H groups in total. The second kappa shape index (κ2) is 6.95. The Balaban J connectivity index is 1.65. The molecule has 0 radical (unpaired) electrons. The third kappa shape index (κ3) is 3.24. The summed E-state index contributed by atoms with van der Waals surface area (Å²) in [6, 6.07) is 7.43. The van der Waals surface area contributed by atoms with Crippen LogP contribution in [0.25, 0.3) is 10.2 Å². The maximum Gasteiger partial charge on any atom is 0.274 e. The van der Waals surface area contributed by atoms with Crippen molar-refractivity contribution in [3.05, 3.63) is 47.2 Å². The third-order valence-corrected chi connectivity index (χ3v) is 5.31. The number of rotatable bonds is 4. The van der Waals surface area contributed by atoms with Crippen LogP contribution in [0.4, 0.5) is 10.3 Å². The Morgan fingerprint density at radius 1 is 1.38 bits per heavy atom. The average molecular weight is 371 g/mol. The van der Waals surface area contributed by atoms with Crippen molar-refractivity contribution in [2.75, 3.05) is 18.4 Å². The number of likely N-dealkylation sites (tertiary alicyclic amines) is 1. The van der Waals surface area contributed by atoms with E-state index < -0.39 is 6.17 Å². The van der Waals surface area contributed by atoms with Crippen LogP contribution in [0.5, 0.6) is 0 Å². The largest absolute Gasteiger partial charge is 0.346 e. The fourth-order valence-electron chi connectivity index (χ4n) is 3.02. The van der Waals surface area contributed by atoms with Crippen LogP contribution >= 0.6 is 11.3 Å². The fourth-order valence-corrected chi connectivity index (χ4v) is 3.84. The van der Waals surface area contributed by atoms with Gasteiger partial charge in [-0.15, -0.1) is 11.3 Å². The molecule has 0 bridgehead atoms. The molecule has 1 aliphatic heterocycles. The fraction of sp³-hybridized carbons (Fsp3) is 0.333. The first-order valence-corrected chi connectivity index (χ1v) is 9.36. The number of aromatic nitrogens is 3. The molecule has 2 unspecified atom stereocenters. The molecule has 0 aliphatic carbocycles. The minimum absolute atomic E-state index is 0.114. The maximum absolute atomic E-state index is 13.5. The van der Waals surface area contributed by atoms with Gasteiger partial charge in [0.15, 0.2) is 5.69 Å². The van der Waals surface area contributed by atoms with E-state index in [0.29, 0.717) is 30.1 Å². The highest BCUT2D eigenvalue weighted by atomic mass is 32.1. The van der Waals surface area contributed by atoms with Crippen LogP contribution in [0.3, 0.4) is 0 Å². The summed E-state index contributed by atoms with van der Waals surface area (Å²) in [5, 5.41) is 5.09. The molecule has 8 heteroatoms. The van der Waals surface area contributed by atoms with Gasteiger partial charge in [-0.3, -0.25) is 9.78 Å². The normalized spacial score (nSPS) is 18.2. The highest BCUT2D eigenvalue weighted by molar-refractivity contribution is 7.17. The third-order valence-electron chi connectivity index (χ3n) is 4.40. The zero-order chi connectivity index (χ0) is 18.1. The molecule has 1 saturated heterocycles. The van der Waals surface area contributed by atoms with Gasteiger partial charge in [-0.25, -0.2) is 14.4 Å². The first-order chi connectivity index (χ1) is 12.6. The van der Waals surface area contributed by atoms with Crippen molar-refractivity contribution in [2.24, 2.45) is 0 Å². The quantitative estimate of drug-likeness (QED) is 0.761. The molecule has 3 aromatic heterocycles. The summed E-state index contributed by atoms with van der Waals surface area (Å²) in [5.41, 5.74) is 1.89. The standard InChI is InChI=1S/C18H18FN5OS/c1-11(13-4-2-3-7-20-13)21-18-22-14-6-9-26-16(14)15(23-18)17(25)24-8-5-12(19)10-24/h2-4,6-7,9,11-12H,5,8,10H2,1H3,(H,21,22,23).